The summed E-state index contributed by atoms with van der Waals surface area (Å²) < 4.78 is 6.47. The molecule has 0 bridgehead atoms. The summed E-state index contributed by atoms with van der Waals surface area (Å²) >= 11 is 1.11. The number of carboxylic acids is 1. The summed E-state index contributed by atoms with van der Waals surface area (Å²) in [5.41, 5.74) is -2.21. The van der Waals surface area contributed by atoms with E-state index in [1.54, 1.807) is 4.68 Å². The van der Waals surface area contributed by atoms with E-state index in [-0.39, 0.29) is 25.2 Å². The average Bonchev–Trinajstić information content (AvgIpc) is 3.40. The highest BCUT2D eigenvalue weighted by Gasteiger charge is 2.59. The molecule has 31 heavy (non-hydrogen) atoms. The van der Waals surface area contributed by atoms with Gasteiger partial charge in [0.15, 0.2) is 0 Å². The van der Waals surface area contributed by atoms with Gasteiger partial charge >= 0.3 is 17.7 Å². The number of carboxylic acid groups (broad SMARTS) is 1. The minimum Gasteiger partial charge on any atom is -0.477 e. The van der Waals surface area contributed by atoms with Crippen LogP contribution < -0.4 is 5.32 Å². The van der Waals surface area contributed by atoms with E-state index in [1.807, 2.05) is 19.0 Å². The highest BCUT2D eigenvalue weighted by atomic mass is 32.2. The normalized spacial score (nSPS) is 23.5. The molecular formula is C16H23N7O7S. The van der Waals surface area contributed by atoms with Gasteiger partial charge in [-0.25, -0.2) is 9.48 Å². The number of thioether (sulfide) groups is 1. The Labute approximate surface area is 181 Å². The van der Waals surface area contributed by atoms with Crippen LogP contribution in [0.15, 0.2) is 5.16 Å². The summed E-state index contributed by atoms with van der Waals surface area (Å²) in [6.45, 7) is 1.18. The van der Waals surface area contributed by atoms with Gasteiger partial charge in [-0.15, -0.1) is 5.10 Å². The predicted octanol–water partition coefficient (Wildman–Crippen LogP) is -1.91. The molecule has 1 aromatic rings. The Bertz CT molecular complexity index is 863. The molecule has 2 N–H and O–H groups in total. The maximum atomic E-state index is 12.6. The van der Waals surface area contributed by atoms with Gasteiger partial charge in [-0.2, -0.15) is 5.06 Å². The van der Waals surface area contributed by atoms with Gasteiger partial charge in [0.1, 0.15) is 12.6 Å². The second kappa shape index (κ2) is 9.57. The summed E-state index contributed by atoms with van der Waals surface area (Å²) in [6, 6.07) is -1.10. The van der Waals surface area contributed by atoms with E-state index in [0.29, 0.717) is 16.8 Å². The second-order valence-corrected chi connectivity index (χ2v) is 8.18. The number of carbonyl (C=O) groups excluding carboxylic acids is 3. The molecule has 0 aromatic carbocycles. The molecule has 0 radical (unpaired) electrons. The highest BCUT2D eigenvalue weighted by Crippen LogP contribution is 2.34. The molecule has 3 rings (SSSR count). The van der Waals surface area contributed by atoms with Crippen molar-refractivity contribution in [1.29, 1.82) is 0 Å². The average molecular weight is 457 g/mol. The highest BCUT2D eigenvalue weighted by molar-refractivity contribution is 7.99. The monoisotopic (exact) mass is 457 g/mol. The standard InChI is InChI=1S/C16H23N7O7S/c1-21(2)6-3-7-22-15(18-19-20-22)31-9-11(24)17-10-8-29-23(13(10)26)16(14(27)28)5-4-12(25)30-16/h10H,3-9H2,1-2H3,(H,17,24)(H,27,28)/t10-,16?/m0/s1. The Morgan fingerprint density at radius 1 is 1.39 bits per heavy atom. The van der Waals surface area contributed by atoms with E-state index in [1.165, 1.54) is 0 Å². The molecule has 2 fully saturated rings. The summed E-state index contributed by atoms with van der Waals surface area (Å²) in [4.78, 5) is 55.2. The number of aryl methyl sites for hydroxylation is 1. The van der Waals surface area contributed by atoms with Crippen LogP contribution in [0.2, 0.25) is 0 Å². The molecule has 2 saturated heterocycles. The van der Waals surface area contributed by atoms with Crippen molar-refractivity contribution in [3.05, 3.63) is 0 Å². The summed E-state index contributed by atoms with van der Waals surface area (Å²) in [5.74, 6) is -3.61. The molecule has 14 nitrogen and oxygen atoms in total. The molecule has 0 spiro atoms. The number of hydroxylamine groups is 2. The first-order valence-corrected chi connectivity index (χ1v) is 10.5. The number of amides is 2. The third kappa shape index (κ3) is 5.11. The first kappa shape index (κ1) is 22.9. The minimum absolute atomic E-state index is 0.0586. The van der Waals surface area contributed by atoms with Gasteiger partial charge in [0.05, 0.1) is 12.2 Å². The minimum atomic E-state index is -2.21. The van der Waals surface area contributed by atoms with Crippen LogP contribution in [0.5, 0.6) is 0 Å². The lowest BCUT2D eigenvalue weighted by Crippen LogP contribution is -2.56. The van der Waals surface area contributed by atoms with Crippen LogP contribution in [-0.2, 0) is 35.3 Å². The van der Waals surface area contributed by atoms with Crippen molar-refractivity contribution in [3.8, 4) is 0 Å². The number of aliphatic carboxylic acids is 1. The number of aromatic nitrogens is 4. The lowest BCUT2D eigenvalue weighted by molar-refractivity contribution is -0.256. The Balaban J connectivity index is 1.52. The van der Waals surface area contributed by atoms with E-state index in [9.17, 15) is 24.3 Å². The number of tetrazole rings is 1. The SMILES string of the molecule is CN(C)CCCn1nnnc1SCC(=O)N[C@H]1CON(C2(C(=O)O)CCC(=O)O2)C1=O. The molecule has 2 aliphatic heterocycles. The number of carbonyl (C=O) groups is 4. The van der Waals surface area contributed by atoms with Crippen molar-refractivity contribution < 1.29 is 33.9 Å². The lowest BCUT2D eigenvalue weighted by atomic mass is 10.1. The van der Waals surface area contributed by atoms with Crippen molar-refractivity contribution in [1.82, 2.24) is 35.5 Å². The van der Waals surface area contributed by atoms with Crippen LogP contribution in [0.4, 0.5) is 0 Å². The second-order valence-electron chi connectivity index (χ2n) is 7.24. The Hall–Kier alpha value is -2.78. The van der Waals surface area contributed by atoms with E-state index in [0.717, 1.165) is 24.7 Å². The van der Waals surface area contributed by atoms with Gasteiger partial charge in [0, 0.05) is 13.0 Å². The number of cyclic esters (lactones) is 1. The fourth-order valence-electron chi connectivity index (χ4n) is 3.10. The number of nitrogens with zero attached hydrogens (tertiary/aromatic N) is 6. The maximum Gasteiger partial charge on any atom is 0.372 e. The van der Waals surface area contributed by atoms with Crippen LogP contribution in [0.25, 0.3) is 0 Å². The van der Waals surface area contributed by atoms with Gasteiger partial charge in [-0.1, -0.05) is 11.8 Å². The number of esters is 1. The Kier molecular flexibility index (Phi) is 7.07. The van der Waals surface area contributed by atoms with Crippen molar-refractivity contribution in [2.45, 2.75) is 42.7 Å². The molecule has 2 atom stereocenters. The van der Waals surface area contributed by atoms with Crippen molar-refractivity contribution in [2.75, 3.05) is 33.0 Å². The van der Waals surface area contributed by atoms with Crippen LogP contribution >= 0.6 is 11.8 Å². The lowest BCUT2D eigenvalue weighted by Gasteiger charge is -2.30. The van der Waals surface area contributed by atoms with Crippen LogP contribution in [0.3, 0.4) is 0 Å². The number of hydrogen-bond donors (Lipinski definition) is 2. The zero-order valence-corrected chi connectivity index (χ0v) is 17.8. The van der Waals surface area contributed by atoms with Gasteiger partial charge in [0.25, 0.3) is 5.91 Å². The fraction of sp³-hybridized carbons (Fsp3) is 0.688. The van der Waals surface area contributed by atoms with Gasteiger partial charge < -0.3 is 20.1 Å². The summed E-state index contributed by atoms with van der Waals surface area (Å²) in [7, 11) is 3.92. The molecule has 2 amide bonds. The number of rotatable bonds is 10. The van der Waals surface area contributed by atoms with E-state index in [2.05, 4.69) is 20.8 Å². The molecule has 2 aliphatic rings. The first-order valence-electron chi connectivity index (χ1n) is 9.48. The quantitative estimate of drug-likeness (QED) is 0.296. The molecule has 1 unspecified atom stereocenters. The fourth-order valence-corrected chi connectivity index (χ4v) is 3.81. The largest absolute Gasteiger partial charge is 0.477 e. The topological polar surface area (TPSA) is 169 Å². The Morgan fingerprint density at radius 3 is 2.81 bits per heavy atom. The van der Waals surface area contributed by atoms with E-state index in [4.69, 9.17) is 9.57 Å². The van der Waals surface area contributed by atoms with Gasteiger partial charge in [0.2, 0.25) is 11.1 Å². The summed E-state index contributed by atoms with van der Waals surface area (Å²) in [5, 5.41) is 24.4. The first-order chi connectivity index (χ1) is 14.7. The van der Waals surface area contributed by atoms with Crippen molar-refractivity contribution in [3.63, 3.8) is 0 Å². The molecule has 3 heterocycles. The molecule has 0 aliphatic carbocycles. The predicted molar refractivity (Wildman–Crippen MR) is 102 cm³/mol. The third-order valence-electron chi connectivity index (χ3n) is 4.62. The molecular weight excluding hydrogens is 434 g/mol. The van der Waals surface area contributed by atoms with Crippen LogP contribution in [-0.4, -0.2) is 104 Å². The van der Waals surface area contributed by atoms with Crippen LogP contribution in [0.1, 0.15) is 19.3 Å². The molecule has 1 aromatic heterocycles. The van der Waals surface area contributed by atoms with Crippen molar-refractivity contribution >= 4 is 35.5 Å². The third-order valence-corrected chi connectivity index (χ3v) is 5.58. The smallest absolute Gasteiger partial charge is 0.372 e. The van der Waals surface area contributed by atoms with E-state index >= 15 is 0 Å². The number of nitrogens with one attached hydrogen (secondary N) is 1. The van der Waals surface area contributed by atoms with Gasteiger partial charge in [-0.05, 0) is 37.5 Å². The number of ether oxygens (including phenoxy) is 1. The molecule has 0 saturated carbocycles. The maximum absolute atomic E-state index is 12.6. The summed E-state index contributed by atoms with van der Waals surface area (Å²) in [6.07, 6.45) is 0.438. The molecule has 170 valence electrons. The Morgan fingerprint density at radius 2 is 2.16 bits per heavy atom. The zero-order chi connectivity index (χ0) is 22.6. The van der Waals surface area contributed by atoms with E-state index < -0.39 is 35.5 Å². The van der Waals surface area contributed by atoms with Crippen molar-refractivity contribution in [2.24, 2.45) is 0 Å². The number of hydrogen-bond acceptors (Lipinski definition) is 11. The zero-order valence-electron chi connectivity index (χ0n) is 17.0. The van der Waals surface area contributed by atoms with Gasteiger partial charge in [-0.3, -0.25) is 19.2 Å². The van der Waals surface area contributed by atoms with Crippen LogP contribution in [0, 0.1) is 0 Å². The molecule has 15 heteroatoms.